The topological polar surface area (TPSA) is 77.3 Å². The number of aromatic nitrogens is 1. The molecule has 2 aromatic rings. The van der Waals surface area contributed by atoms with Crippen LogP contribution >= 0.6 is 0 Å². The molecule has 0 radical (unpaired) electrons. The lowest BCUT2D eigenvalue weighted by molar-refractivity contribution is 0.0318. The number of ether oxygens (including phenoxy) is 2. The fourth-order valence-electron chi connectivity index (χ4n) is 2.07. The summed E-state index contributed by atoms with van der Waals surface area (Å²) in [6, 6.07) is 7.15. The number of hydrogen-bond donors (Lipinski definition) is 2. The van der Waals surface area contributed by atoms with Crippen molar-refractivity contribution in [2.45, 2.75) is 12.5 Å². The van der Waals surface area contributed by atoms with Gasteiger partial charge in [-0.3, -0.25) is 4.79 Å². The largest absolute Gasteiger partial charge is 0.385 e. The first kappa shape index (κ1) is 15.1. The van der Waals surface area contributed by atoms with E-state index >= 15 is 0 Å². The van der Waals surface area contributed by atoms with E-state index in [1.165, 1.54) is 0 Å². The van der Waals surface area contributed by atoms with Crippen LogP contribution in [0.2, 0.25) is 0 Å². The second-order valence-corrected chi connectivity index (χ2v) is 4.64. The molecule has 3 N–H and O–H groups in total. The highest BCUT2D eigenvalue weighted by Crippen LogP contribution is 2.16. The number of aromatic amines is 1. The first-order chi connectivity index (χ1) is 10.2. The van der Waals surface area contributed by atoms with Crippen LogP contribution in [0, 0.1) is 11.8 Å². The normalized spacial score (nSPS) is 11.9. The first-order valence-electron chi connectivity index (χ1n) is 6.58. The fraction of sp³-hybridized carbons (Fsp3) is 0.312. The van der Waals surface area contributed by atoms with Gasteiger partial charge in [0.05, 0.1) is 12.7 Å². The minimum Gasteiger partial charge on any atom is -0.385 e. The Kier molecular flexibility index (Phi) is 4.99. The van der Waals surface area contributed by atoms with Gasteiger partial charge in [0.2, 0.25) is 0 Å². The third kappa shape index (κ3) is 3.63. The summed E-state index contributed by atoms with van der Waals surface area (Å²) >= 11 is 0. The van der Waals surface area contributed by atoms with E-state index < -0.39 is 0 Å². The number of nitrogens with one attached hydrogen (secondary N) is 1. The van der Waals surface area contributed by atoms with E-state index in [2.05, 4.69) is 16.8 Å². The van der Waals surface area contributed by atoms with Crippen LogP contribution in [0.4, 0.5) is 5.82 Å². The molecule has 0 fully saturated rings. The highest BCUT2D eigenvalue weighted by molar-refractivity contribution is 5.89. The quantitative estimate of drug-likeness (QED) is 0.835. The van der Waals surface area contributed by atoms with E-state index in [0.29, 0.717) is 24.2 Å². The summed E-state index contributed by atoms with van der Waals surface area (Å²) in [6.45, 7) is 0.493. The Labute approximate surface area is 123 Å². The third-order valence-corrected chi connectivity index (χ3v) is 3.15. The van der Waals surface area contributed by atoms with Crippen molar-refractivity contribution in [3.8, 4) is 11.8 Å². The highest BCUT2D eigenvalue weighted by atomic mass is 16.5. The summed E-state index contributed by atoms with van der Waals surface area (Å²) in [7, 11) is 3.25. The van der Waals surface area contributed by atoms with Crippen LogP contribution in [0.25, 0.3) is 10.8 Å². The average molecular weight is 286 g/mol. The molecule has 0 saturated heterocycles. The molecule has 0 aliphatic rings. The molecule has 0 spiro atoms. The second-order valence-electron chi connectivity index (χ2n) is 4.64. The molecule has 0 saturated carbocycles. The minimum atomic E-state index is -0.206. The van der Waals surface area contributed by atoms with Crippen LogP contribution in [0.15, 0.2) is 29.1 Å². The van der Waals surface area contributed by atoms with Gasteiger partial charge in [-0.15, -0.1) is 0 Å². The zero-order chi connectivity index (χ0) is 15.2. The van der Waals surface area contributed by atoms with Gasteiger partial charge < -0.3 is 20.2 Å². The average Bonchev–Trinajstić information content (AvgIpc) is 2.46. The minimum absolute atomic E-state index is 0.0639. The van der Waals surface area contributed by atoms with Gasteiger partial charge in [-0.1, -0.05) is 17.9 Å². The Morgan fingerprint density at radius 2 is 2.14 bits per heavy atom. The summed E-state index contributed by atoms with van der Waals surface area (Å²) in [5, 5.41) is 1.34. The zero-order valence-corrected chi connectivity index (χ0v) is 12.1. The van der Waals surface area contributed by atoms with Crippen molar-refractivity contribution < 1.29 is 9.47 Å². The molecule has 1 aromatic heterocycles. The molecule has 0 aliphatic carbocycles. The number of H-pyrrole nitrogens is 1. The van der Waals surface area contributed by atoms with Crippen molar-refractivity contribution in [1.82, 2.24) is 4.98 Å². The van der Waals surface area contributed by atoms with Gasteiger partial charge in [-0.2, -0.15) is 0 Å². The SMILES string of the molecule is COCC(CC#Cc1cccc2c(=O)[nH]c(N)cc12)OC. The van der Waals surface area contributed by atoms with Crippen LogP contribution in [0.1, 0.15) is 12.0 Å². The van der Waals surface area contributed by atoms with Gasteiger partial charge in [0.15, 0.2) is 0 Å². The molecule has 0 aliphatic heterocycles. The van der Waals surface area contributed by atoms with Crippen LogP contribution < -0.4 is 11.3 Å². The number of anilines is 1. The summed E-state index contributed by atoms with van der Waals surface area (Å²) in [4.78, 5) is 14.4. The standard InChI is InChI=1S/C16H18N2O3/c1-20-10-12(21-2)7-3-5-11-6-4-8-13-14(11)9-15(17)18-16(13)19/h4,6,8-9,12H,7,10H2,1-2H3,(H3,17,18,19). The molecule has 5 heteroatoms. The Hall–Kier alpha value is -2.29. The lowest BCUT2D eigenvalue weighted by atomic mass is 10.1. The molecule has 1 heterocycles. The zero-order valence-electron chi connectivity index (χ0n) is 12.1. The Morgan fingerprint density at radius 3 is 2.86 bits per heavy atom. The Balaban J connectivity index is 2.33. The first-order valence-corrected chi connectivity index (χ1v) is 6.58. The molecule has 1 unspecified atom stereocenters. The molecule has 21 heavy (non-hydrogen) atoms. The van der Waals surface area contributed by atoms with E-state index in [-0.39, 0.29) is 11.7 Å². The molecule has 2 rings (SSSR count). The molecule has 0 bridgehead atoms. The van der Waals surface area contributed by atoms with Gasteiger partial charge in [-0.05, 0) is 18.2 Å². The van der Waals surface area contributed by atoms with E-state index in [1.54, 1.807) is 32.4 Å². The summed E-state index contributed by atoms with van der Waals surface area (Å²) in [5.74, 6) is 6.46. The van der Waals surface area contributed by atoms with Gasteiger partial charge in [0.25, 0.3) is 5.56 Å². The maximum atomic E-state index is 11.8. The molecule has 1 atom stereocenters. The van der Waals surface area contributed by atoms with Gasteiger partial charge in [-0.25, -0.2) is 0 Å². The van der Waals surface area contributed by atoms with Crippen molar-refractivity contribution in [2.75, 3.05) is 26.6 Å². The molecular formula is C16H18N2O3. The van der Waals surface area contributed by atoms with Crippen molar-refractivity contribution in [1.29, 1.82) is 0 Å². The number of nitrogen functional groups attached to an aromatic ring is 1. The monoisotopic (exact) mass is 286 g/mol. The highest BCUT2D eigenvalue weighted by Gasteiger charge is 2.05. The summed E-state index contributed by atoms with van der Waals surface area (Å²) in [6.07, 6.45) is 0.491. The van der Waals surface area contributed by atoms with E-state index in [0.717, 1.165) is 10.9 Å². The molecule has 5 nitrogen and oxygen atoms in total. The van der Waals surface area contributed by atoms with Crippen molar-refractivity contribution in [3.63, 3.8) is 0 Å². The fourth-order valence-corrected chi connectivity index (χ4v) is 2.07. The number of benzene rings is 1. The molecule has 0 amide bonds. The number of pyridine rings is 1. The number of methoxy groups -OCH3 is 2. The van der Waals surface area contributed by atoms with Crippen molar-refractivity contribution in [3.05, 3.63) is 40.2 Å². The van der Waals surface area contributed by atoms with E-state index in [4.69, 9.17) is 15.2 Å². The Bertz CT molecular complexity index is 740. The number of nitrogens with two attached hydrogens (primary N) is 1. The number of hydrogen-bond acceptors (Lipinski definition) is 4. The van der Waals surface area contributed by atoms with E-state index in [9.17, 15) is 4.79 Å². The predicted octanol–water partition coefficient (Wildman–Crippen LogP) is 1.51. The maximum Gasteiger partial charge on any atom is 0.257 e. The number of rotatable bonds is 4. The third-order valence-electron chi connectivity index (χ3n) is 3.15. The predicted molar refractivity (Wildman–Crippen MR) is 83.1 cm³/mol. The van der Waals surface area contributed by atoms with Crippen molar-refractivity contribution >= 4 is 16.6 Å². The molecular weight excluding hydrogens is 268 g/mol. The van der Waals surface area contributed by atoms with Crippen molar-refractivity contribution in [2.24, 2.45) is 0 Å². The van der Waals surface area contributed by atoms with Crippen LogP contribution in [0.3, 0.4) is 0 Å². The summed E-state index contributed by atoms with van der Waals surface area (Å²) < 4.78 is 10.3. The lowest BCUT2D eigenvalue weighted by Gasteiger charge is -2.09. The van der Waals surface area contributed by atoms with Crippen LogP contribution in [-0.2, 0) is 9.47 Å². The smallest absolute Gasteiger partial charge is 0.257 e. The lowest BCUT2D eigenvalue weighted by Crippen LogP contribution is -2.16. The second kappa shape index (κ2) is 6.93. The number of fused-ring (bicyclic) bond motifs is 1. The van der Waals surface area contributed by atoms with E-state index in [1.807, 2.05) is 6.07 Å². The van der Waals surface area contributed by atoms with Gasteiger partial charge in [0.1, 0.15) is 5.82 Å². The van der Waals surface area contributed by atoms with Crippen LogP contribution in [0.5, 0.6) is 0 Å². The van der Waals surface area contributed by atoms with Gasteiger partial charge >= 0.3 is 0 Å². The van der Waals surface area contributed by atoms with Crippen LogP contribution in [-0.4, -0.2) is 31.9 Å². The molecule has 110 valence electrons. The maximum absolute atomic E-state index is 11.8. The van der Waals surface area contributed by atoms with Gasteiger partial charge in [0, 0.05) is 37.0 Å². The Morgan fingerprint density at radius 1 is 1.33 bits per heavy atom. The summed E-state index contributed by atoms with van der Waals surface area (Å²) in [5.41, 5.74) is 6.26. The molecule has 1 aromatic carbocycles.